The summed E-state index contributed by atoms with van der Waals surface area (Å²) >= 11 is 0. The molecular formula is C15H15F2NO. The van der Waals surface area contributed by atoms with Gasteiger partial charge in [-0.05, 0) is 24.6 Å². The molecule has 1 atom stereocenters. The summed E-state index contributed by atoms with van der Waals surface area (Å²) in [5.41, 5.74) is 6.74. The van der Waals surface area contributed by atoms with Gasteiger partial charge in [-0.15, -0.1) is 0 Å². The SMILES string of the molecule is CC[C@H](N)c1ccccc1Oc1cc(F)ccc1F. The lowest BCUT2D eigenvalue weighted by Gasteiger charge is -2.15. The average molecular weight is 263 g/mol. The maximum atomic E-state index is 13.5. The molecule has 0 fully saturated rings. The Morgan fingerprint density at radius 3 is 2.58 bits per heavy atom. The molecule has 0 radical (unpaired) electrons. The van der Waals surface area contributed by atoms with Crippen molar-refractivity contribution in [3.63, 3.8) is 0 Å². The third kappa shape index (κ3) is 3.09. The van der Waals surface area contributed by atoms with Crippen molar-refractivity contribution in [2.45, 2.75) is 19.4 Å². The fraction of sp³-hybridized carbons (Fsp3) is 0.200. The molecule has 100 valence electrons. The summed E-state index contributed by atoms with van der Waals surface area (Å²) in [5, 5.41) is 0. The first-order valence-electron chi connectivity index (χ1n) is 6.09. The van der Waals surface area contributed by atoms with Crippen LogP contribution in [-0.4, -0.2) is 0 Å². The lowest BCUT2D eigenvalue weighted by atomic mass is 10.0. The van der Waals surface area contributed by atoms with Gasteiger partial charge < -0.3 is 10.5 Å². The Labute approximate surface area is 110 Å². The van der Waals surface area contributed by atoms with Crippen molar-refractivity contribution in [2.75, 3.05) is 0 Å². The topological polar surface area (TPSA) is 35.2 Å². The van der Waals surface area contributed by atoms with Crippen molar-refractivity contribution >= 4 is 0 Å². The summed E-state index contributed by atoms with van der Waals surface area (Å²) < 4.78 is 32.1. The molecule has 2 rings (SSSR count). The van der Waals surface area contributed by atoms with Crippen LogP contribution in [0.25, 0.3) is 0 Å². The lowest BCUT2D eigenvalue weighted by Crippen LogP contribution is -2.09. The van der Waals surface area contributed by atoms with E-state index in [0.717, 1.165) is 30.2 Å². The molecule has 0 aromatic heterocycles. The van der Waals surface area contributed by atoms with E-state index in [9.17, 15) is 8.78 Å². The maximum Gasteiger partial charge on any atom is 0.165 e. The van der Waals surface area contributed by atoms with Gasteiger partial charge in [0.05, 0.1) is 0 Å². The van der Waals surface area contributed by atoms with Gasteiger partial charge in [-0.25, -0.2) is 8.78 Å². The second-order valence-electron chi connectivity index (χ2n) is 4.23. The molecule has 19 heavy (non-hydrogen) atoms. The second kappa shape index (κ2) is 5.80. The van der Waals surface area contributed by atoms with E-state index < -0.39 is 11.6 Å². The van der Waals surface area contributed by atoms with Crippen LogP contribution in [0, 0.1) is 11.6 Å². The first kappa shape index (κ1) is 13.5. The van der Waals surface area contributed by atoms with Crippen LogP contribution in [-0.2, 0) is 0 Å². The number of rotatable bonds is 4. The number of para-hydroxylation sites is 1. The van der Waals surface area contributed by atoms with E-state index in [1.54, 1.807) is 12.1 Å². The Kier molecular flexibility index (Phi) is 4.12. The molecule has 2 aromatic rings. The fourth-order valence-corrected chi connectivity index (χ4v) is 1.77. The Morgan fingerprint density at radius 1 is 1.11 bits per heavy atom. The highest BCUT2D eigenvalue weighted by molar-refractivity contribution is 5.40. The van der Waals surface area contributed by atoms with Crippen molar-refractivity contribution in [3.8, 4) is 11.5 Å². The lowest BCUT2D eigenvalue weighted by molar-refractivity contribution is 0.428. The van der Waals surface area contributed by atoms with Crippen molar-refractivity contribution in [1.82, 2.24) is 0 Å². The van der Waals surface area contributed by atoms with Gasteiger partial charge in [-0.1, -0.05) is 25.1 Å². The molecule has 0 saturated carbocycles. The van der Waals surface area contributed by atoms with Crippen molar-refractivity contribution in [1.29, 1.82) is 0 Å². The number of nitrogens with two attached hydrogens (primary N) is 1. The predicted molar refractivity (Wildman–Crippen MR) is 70.1 cm³/mol. The summed E-state index contributed by atoms with van der Waals surface area (Å²) in [4.78, 5) is 0. The van der Waals surface area contributed by atoms with Gasteiger partial charge >= 0.3 is 0 Å². The Balaban J connectivity index is 2.35. The van der Waals surface area contributed by atoms with E-state index in [0.29, 0.717) is 5.75 Å². The minimum absolute atomic E-state index is 0.143. The highest BCUT2D eigenvalue weighted by Crippen LogP contribution is 2.31. The number of halogens is 2. The zero-order valence-electron chi connectivity index (χ0n) is 10.6. The highest BCUT2D eigenvalue weighted by Gasteiger charge is 2.13. The van der Waals surface area contributed by atoms with E-state index in [-0.39, 0.29) is 11.8 Å². The van der Waals surface area contributed by atoms with E-state index in [4.69, 9.17) is 10.5 Å². The third-order valence-electron chi connectivity index (χ3n) is 2.87. The van der Waals surface area contributed by atoms with E-state index >= 15 is 0 Å². The van der Waals surface area contributed by atoms with Crippen LogP contribution in [0.1, 0.15) is 24.9 Å². The van der Waals surface area contributed by atoms with E-state index in [1.807, 2.05) is 19.1 Å². The highest BCUT2D eigenvalue weighted by atomic mass is 19.1. The summed E-state index contributed by atoms with van der Waals surface area (Å²) in [7, 11) is 0. The van der Waals surface area contributed by atoms with Gasteiger partial charge in [0.2, 0.25) is 0 Å². The van der Waals surface area contributed by atoms with Gasteiger partial charge in [0.15, 0.2) is 11.6 Å². The molecule has 0 aliphatic rings. The molecule has 2 aromatic carbocycles. The number of hydrogen-bond acceptors (Lipinski definition) is 2. The van der Waals surface area contributed by atoms with Crippen molar-refractivity contribution in [2.24, 2.45) is 5.73 Å². The standard InChI is InChI=1S/C15H15F2NO/c1-2-13(18)11-5-3-4-6-14(11)19-15-9-10(16)7-8-12(15)17/h3-9,13H,2,18H2,1H3/t13-/m0/s1. The summed E-state index contributed by atoms with van der Waals surface area (Å²) in [5.74, 6) is -0.855. The van der Waals surface area contributed by atoms with Gasteiger partial charge in [0.1, 0.15) is 11.6 Å². The summed E-state index contributed by atoms with van der Waals surface area (Å²) in [6, 6.07) is 10.0. The maximum absolute atomic E-state index is 13.5. The first-order chi connectivity index (χ1) is 9.11. The largest absolute Gasteiger partial charge is 0.454 e. The van der Waals surface area contributed by atoms with Crippen LogP contribution in [0.5, 0.6) is 11.5 Å². The molecule has 2 N–H and O–H groups in total. The first-order valence-corrected chi connectivity index (χ1v) is 6.09. The third-order valence-corrected chi connectivity index (χ3v) is 2.87. The van der Waals surface area contributed by atoms with Gasteiger partial charge in [-0.3, -0.25) is 0 Å². The molecule has 0 bridgehead atoms. The Hall–Kier alpha value is -1.94. The van der Waals surface area contributed by atoms with Gasteiger partial charge in [0, 0.05) is 17.7 Å². The molecule has 0 aliphatic carbocycles. The molecule has 0 aliphatic heterocycles. The molecule has 0 saturated heterocycles. The quantitative estimate of drug-likeness (QED) is 0.898. The smallest absolute Gasteiger partial charge is 0.165 e. The van der Waals surface area contributed by atoms with Crippen molar-refractivity contribution < 1.29 is 13.5 Å². The van der Waals surface area contributed by atoms with Gasteiger partial charge in [0.25, 0.3) is 0 Å². The zero-order chi connectivity index (χ0) is 13.8. The minimum atomic E-state index is -0.610. The molecule has 0 spiro atoms. The number of benzene rings is 2. The molecule has 0 amide bonds. The monoisotopic (exact) mass is 263 g/mol. The van der Waals surface area contributed by atoms with Crippen LogP contribution >= 0.6 is 0 Å². The number of ether oxygens (including phenoxy) is 1. The van der Waals surface area contributed by atoms with Gasteiger partial charge in [-0.2, -0.15) is 0 Å². The van der Waals surface area contributed by atoms with Crippen LogP contribution in [0.2, 0.25) is 0 Å². The average Bonchev–Trinajstić information content (AvgIpc) is 2.42. The molecule has 0 unspecified atom stereocenters. The Morgan fingerprint density at radius 2 is 1.84 bits per heavy atom. The van der Waals surface area contributed by atoms with E-state index in [2.05, 4.69) is 0 Å². The number of hydrogen-bond donors (Lipinski definition) is 1. The summed E-state index contributed by atoms with van der Waals surface area (Å²) in [6.45, 7) is 1.95. The zero-order valence-corrected chi connectivity index (χ0v) is 10.6. The Bertz CT molecular complexity index is 572. The van der Waals surface area contributed by atoms with Crippen LogP contribution in [0.4, 0.5) is 8.78 Å². The molecule has 0 heterocycles. The fourth-order valence-electron chi connectivity index (χ4n) is 1.77. The van der Waals surface area contributed by atoms with Crippen LogP contribution in [0.15, 0.2) is 42.5 Å². The van der Waals surface area contributed by atoms with Crippen LogP contribution < -0.4 is 10.5 Å². The minimum Gasteiger partial charge on any atom is -0.454 e. The van der Waals surface area contributed by atoms with E-state index in [1.165, 1.54) is 0 Å². The van der Waals surface area contributed by atoms with Crippen molar-refractivity contribution in [3.05, 3.63) is 59.7 Å². The molecule has 2 nitrogen and oxygen atoms in total. The molecule has 4 heteroatoms. The second-order valence-corrected chi connectivity index (χ2v) is 4.23. The summed E-state index contributed by atoms with van der Waals surface area (Å²) in [6.07, 6.45) is 0.728. The molecular weight excluding hydrogens is 248 g/mol. The van der Waals surface area contributed by atoms with Crippen LogP contribution in [0.3, 0.4) is 0 Å². The predicted octanol–water partition coefficient (Wildman–Crippen LogP) is 4.17. The normalized spacial score (nSPS) is 12.2.